The summed E-state index contributed by atoms with van der Waals surface area (Å²) >= 11 is 6.44. The number of hydrogen-bond donors (Lipinski definition) is 1. The molecule has 1 aliphatic rings. The summed E-state index contributed by atoms with van der Waals surface area (Å²) in [5.41, 5.74) is 3.55. The average Bonchev–Trinajstić information content (AvgIpc) is 3.26. The summed E-state index contributed by atoms with van der Waals surface area (Å²) in [7, 11) is 1.25. The highest BCUT2D eigenvalue weighted by Crippen LogP contribution is 2.33. The number of aryl methyl sites for hydroxylation is 1. The van der Waals surface area contributed by atoms with E-state index in [-0.39, 0.29) is 25.1 Å². The fraction of sp³-hybridized carbons (Fsp3) is 0.333. The van der Waals surface area contributed by atoms with Crippen molar-refractivity contribution in [2.45, 2.75) is 26.0 Å². The van der Waals surface area contributed by atoms with E-state index >= 15 is 0 Å². The highest BCUT2D eigenvalue weighted by atomic mass is 35.5. The van der Waals surface area contributed by atoms with E-state index in [1.807, 2.05) is 25.1 Å². The Morgan fingerprint density at radius 1 is 1.25 bits per heavy atom. The van der Waals surface area contributed by atoms with Crippen molar-refractivity contribution < 1.29 is 9.13 Å². The van der Waals surface area contributed by atoms with Crippen molar-refractivity contribution in [2.75, 3.05) is 19.7 Å². The maximum atomic E-state index is 14.0. The second kappa shape index (κ2) is 10.5. The second-order valence-corrected chi connectivity index (χ2v) is 9.12. The molecule has 0 unspecified atom stereocenters. The fourth-order valence-corrected chi connectivity index (χ4v) is 4.78. The van der Waals surface area contributed by atoms with Crippen LogP contribution in [0, 0.1) is 12.7 Å². The molecule has 3 aromatic heterocycles. The van der Waals surface area contributed by atoms with Gasteiger partial charge in [-0.05, 0) is 41.8 Å². The Kier molecular flexibility index (Phi) is 7.60. The molecule has 0 spiro atoms. The molecule has 1 fully saturated rings. The van der Waals surface area contributed by atoms with Crippen LogP contribution in [-0.2, 0) is 24.8 Å². The number of ether oxygens (including phenoxy) is 1. The number of aromatic nitrogens is 5. The van der Waals surface area contributed by atoms with E-state index in [1.165, 1.54) is 13.4 Å². The van der Waals surface area contributed by atoms with E-state index in [0.29, 0.717) is 34.8 Å². The van der Waals surface area contributed by atoms with Gasteiger partial charge in [0.25, 0.3) is 5.56 Å². The number of nitrogens with zero attached hydrogens (tertiary/aromatic N) is 5. The van der Waals surface area contributed by atoms with Crippen LogP contribution in [0.4, 0.5) is 4.39 Å². The Bertz CT molecular complexity index is 1540. The summed E-state index contributed by atoms with van der Waals surface area (Å²) < 4.78 is 23.5. The Hall–Kier alpha value is -3.05. The smallest absolute Gasteiger partial charge is 0.331 e. The van der Waals surface area contributed by atoms with Crippen LogP contribution in [0.3, 0.4) is 0 Å². The van der Waals surface area contributed by atoms with E-state index in [9.17, 15) is 14.0 Å². The molecule has 1 N–H and O–H groups in total. The molecule has 190 valence electrons. The lowest BCUT2D eigenvalue weighted by Gasteiger charge is -2.25. The average molecular weight is 535 g/mol. The zero-order chi connectivity index (χ0) is 24.7. The van der Waals surface area contributed by atoms with Gasteiger partial charge in [-0.15, -0.1) is 12.4 Å². The molecule has 0 amide bonds. The highest BCUT2D eigenvalue weighted by Gasteiger charge is 2.21. The Labute approximate surface area is 216 Å². The Balaban J connectivity index is 0.00000304. The first kappa shape index (κ1) is 26.0. The molecule has 0 radical (unpaired) electrons. The van der Waals surface area contributed by atoms with Crippen LogP contribution in [0.2, 0.25) is 5.02 Å². The zero-order valence-corrected chi connectivity index (χ0v) is 21.3. The van der Waals surface area contributed by atoms with Gasteiger partial charge in [-0.25, -0.2) is 14.3 Å². The first-order valence-electron chi connectivity index (χ1n) is 11.2. The van der Waals surface area contributed by atoms with Crippen LogP contribution in [0.5, 0.6) is 0 Å². The Morgan fingerprint density at radius 2 is 2.06 bits per heavy atom. The second-order valence-electron chi connectivity index (χ2n) is 8.69. The SMILES string of the molecule is Cc1cc(Cl)cc(-c2ncnn3cc(Cn4cc(F)c(=O)n(C)c4=O)cc23)c1C[C@@H]1CNCCO1.Cl. The minimum atomic E-state index is -0.991. The normalized spacial score (nSPS) is 15.7. The summed E-state index contributed by atoms with van der Waals surface area (Å²) in [4.78, 5) is 28.7. The van der Waals surface area contributed by atoms with E-state index in [0.717, 1.165) is 45.1 Å². The highest BCUT2D eigenvalue weighted by molar-refractivity contribution is 6.31. The number of nitrogens with one attached hydrogen (secondary N) is 1. The number of hydrogen-bond acceptors (Lipinski definition) is 6. The standard InChI is InChI=1S/C24H24ClFN6O3.ClH/c1-14-5-16(25)7-19(18(14)8-17-9-27-3-4-35-17)22-21-6-15(11-32(21)29-13-28-22)10-31-12-20(26)23(33)30(2)24(31)34;/h5-7,11-13,17,27H,3-4,8-10H2,1-2H3;1H/t17-;/m1./s1. The molecule has 1 aliphatic heterocycles. The van der Waals surface area contributed by atoms with Crippen molar-refractivity contribution in [1.29, 1.82) is 0 Å². The molecule has 4 aromatic rings. The molecule has 0 saturated carbocycles. The molecule has 5 rings (SSSR count). The maximum Gasteiger partial charge on any atom is 0.331 e. The molecule has 12 heteroatoms. The first-order valence-corrected chi connectivity index (χ1v) is 11.6. The van der Waals surface area contributed by atoms with E-state index in [4.69, 9.17) is 16.3 Å². The molecule has 4 heterocycles. The third kappa shape index (κ3) is 4.94. The molecule has 1 atom stereocenters. The largest absolute Gasteiger partial charge is 0.375 e. The van der Waals surface area contributed by atoms with Crippen molar-refractivity contribution in [2.24, 2.45) is 7.05 Å². The number of benzene rings is 1. The molecule has 36 heavy (non-hydrogen) atoms. The topological polar surface area (TPSA) is 95.5 Å². The van der Waals surface area contributed by atoms with Crippen LogP contribution in [0.25, 0.3) is 16.8 Å². The van der Waals surface area contributed by atoms with Crippen molar-refractivity contribution in [1.82, 2.24) is 29.0 Å². The van der Waals surface area contributed by atoms with Crippen LogP contribution in [-0.4, -0.2) is 49.5 Å². The van der Waals surface area contributed by atoms with Gasteiger partial charge in [-0.1, -0.05) is 11.6 Å². The predicted octanol–water partition coefficient (Wildman–Crippen LogP) is 2.36. The monoisotopic (exact) mass is 534 g/mol. The summed E-state index contributed by atoms with van der Waals surface area (Å²) in [6, 6.07) is 5.67. The molecule has 9 nitrogen and oxygen atoms in total. The lowest BCUT2D eigenvalue weighted by atomic mass is 9.94. The molecular weight excluding hydrogens is 510 g/mol. The minimum Gasteiger partial charge on any atom is -0.375 e. The number of halogens is 3. The Morgan fingerprint density at radius 3 is 2.81 bits per heavy atom. The fourth-order valence-electron chi connectivity index (χ4n) is 4.51. The zero-order valence-electron chi connectivity index (χ0n) is 19.7. The number of morpholine rings is 1. The first-order chi connectivity index (χ1) is 16.8. The molecule has 1 aromatic carbocycles. The van der Waals surface area contributed by atoms with Crippen LogP contribution >= 0.6 is 24.0 Å². The number of rotatable bonds is 5. The van der Waals surface area contributed by atoms with E-state index < -0.39 is 17.1 Å². The predicted molar refractivity (Wildman–Crippen MR) is 137 cm³/mol. The van der Waals surface area contributed by atoms with Gasteiger partial charge < -0.3 is 10.1 Å². The summed E-state index contributed by atoms with van der Waals surface area (Å²) in [6.07, 6.45) is 4.87. The van der Waals surface area contributed by atoms with Gasteiger partial charge in [0.2, 0.25) is 5.82 Å². The molecule has 0 bridgehead atoms. The molecule has 0 aliphatic carbocycles. The van der Waals surface area contributed by atoms with E-state index in [1.54, 1.807) is 10.7 Å². The van der Waals surface area contributed by atoms with Crippen molar-refractivity contribution >= 4 is 29.5 Å². The summed E-state index contributed by atoms with van der Waals surface area (Å²) in [6.45, 7) is 4.35. The van der Waals surface area contributed by atoms with Gasteiger partial charge in [-0.2, -0.15) is 9.49 Å². The van der Waals surface area contributed by atoms with E-state index in [2.05, 4.69) is 15.4 Å². The summed E-state index contributed by atoms with van der Waals surface area (Å²) in [5, 5.41) is 8.27. The van der Waals surface area contributed by atoms with Crippen molar-refractivity contribution in [3.05, 3.63) is 85.3 Å². The van der Waals surface area contributed by atoms with Crippen molar-refractivity contribution in [3.8, 4) is 11.3 Å². The molecule has 1 saturated heterocycles. The van der Waals surface area contributed by atoms with Crippen LogP contribution in [0.15, 0.2) is 46.5 Å². The van der Waals surface area contributed by atoms with Gasteiger partial charge in [-0.3, -0.25) is 13.9 Å². The van der Waals surface area contributed by atoms with Gasteiger partial charge in [0.1, 0.15) is 6.33 Å². The lowest BCUT2D eigenvalue weighted by Crippen LogP contribution is -2.39. The maximum absolute atomic E-state index is 14.0. The van der Waals surface area contributed by atoms with Gasteiger partial charge >= 0.3 is 5.69 Å². The van der Waals surface area contributed by atoms with Crippen molar-refractivity contribution in [3.63, 3.8) is 0 Å². The lowest BCUT2D eigenvalue weighted by molar-refractivity contribution is 0.0292. The molecular formula is C24H25Cl2FN6O3. The van der Waals surface area contributed by atoms with Crippen LogP contribution in [0.1, 0.15) is 16.7 Å². The third-order valence-corrected chi connectivity index (χ3v) is 6.47. The van der Waals surface area contributed by atoms with Gasteiger partial charge in [0.15, 0.2) is 0 Å². The summed E-state index contributed by atoms with van der Waals surface area (Å²) in [5.74, 6) is -0.991. The number of fused-ring (bicyclic) bond motifs is 1. The quantitative estimate of drug-likeness (QED) is 0.422. The van der Waals surface area contributed by atoms with Gasteiger partial charge in [0, 0.05) is 43.3 Å². The van der Waals surface area contributed by atoms with Gasteiger partial charge in [0.05, 0.1) is 36.7 Å². The van der Waals surface area contributed by atoms with Crippen LogP contribution < -0.4 is 16.6 Å². The minimum absolute atomic E-state index is 0. The third-order valence-electron chi connectivity index (χ3n) is 6.26.